The van der Waals surface area contributed by atoms with E-state index in [-0.39, 0.29) is 10.7 Å². The number of hydrogen-bond acceptors (Lipinski definition) is 2. The average molecular weight is 281 g/mol. The highest BCUT2D eigenvalue weighted by atomic mass is 35.5. The minimum atomic E-state index is -4.47. The lowest BCUT2D eigenvalue weighted by Gasteiger charge is -2.14. The Morgan fingerprint density at radius 1 is 1.39 bits per heavy atom. The van der Waals surface area contributed by atoms with Crippen molar-refractivity contribution in [3.05, 3.63) is 28.8 Å². The van der Waals surface area contributed by atoms with E-state index in [4.69, 9.17) is 11.6 Å². The molecule has 1 rings (SSSR count). The maximum atomic E-state index is 12.5. The minimum absolute atomic E-state index is 0.0552. The van der Waals surface area contributed by atoms with Crippen molar-refractivity contribution >= 4 is 23.2 Å². The number of likely N-dealkylation sites (N-methyl/N-ethyl adjacent to an activating group) is 1. The summed E-state index contributed by atoms with van der Waals surface area (Å²) in [5.74, 6) is -0.460. The van der Waals surface area contributed by atoms with Crippen molar-refractivity contribution in [1.29, 1.82) is 0 Å². The minimum Gasteiger partial charge on any atom is -0.323 e. The van der Waals surface area contributed by atoms with Gasteiger partial charge in [-0.1, -0.05) is 11.6 Å². The third kappa shape index (κ3) is 3.61. The zero-order valence-corrected chi connectivity index (χ0v) is 10.5. The molecule has 0 unspecified atom stereocenters. The van der Waals surface area contributed by atoms with E-state index in [0.717, 1.165) is 18.2 Å². The van der Waals surface area contributed by atoms with E-state index in [1.165, 1.54) is 0 Å². The van der Waals surface area contributed by atoms with Crippen LogP contribution in [-0.4, -0.2) is 19.0 Å². The number of carbonyl (C=O) groups is 1. The first-order chi connectivity index (χ1) is 8.25. The standard InChI is InChI=1S/C11H12ClF3N2O/c1-6(16-2)10(18)17-9-5-7(11(13,14)15)3-4-8(9)12/h3-6,16H,1-2H3,(H,17,18)/t6-/m0/s1. The van der Waals surface area contributed by atoms with Crippen molar-refractivity contribution in [3.63, 3.8) is 0 Å². The molecule has 0 spiro atoms. The predicted octanol–water partition coefficient (Wildman–Crippen LogP) is 2.91. The van der Waals surface area contributed by atoms with Gasteiger partial charge in [-0.15, -0.1) is 0 Å². The summed E-state index contributed by atoms with van der Waals surface area (Å²) in [6, 6.07) is 2.24. The smallest absolute Gasteiger partial charge is 0.323 e. The SMILES string of the molecule is CN[C@@H](C)C(=O)Nc1cc(C(F)(F)F)ccc1Cl. The molecule has 0 saturated heterocycles. The third-order valence-corrected chi connectivity index (χ3v) is 2.71. The summed E-state index contributed by atoms with van der Waals surface area (Å²) >= 11 is 5.74. The average Bonchev–Trinajstić information content (AvgIpc) is 2.29. The summed E-state index contributed by atoms with van der Waals surface area (Å²) in [4.78, 5) is 11.5. The first-order valence-electron chi connectivity index (χ1n) is 5.10. The van der Waals surface area contributed by atoms with Crippen molar-refractivity contribution in [2.24, 2.45) is 0 Å². The maximum absolute atomic E-state index is 12.5. The Labute approximate surface area is 107 Å². The summed E-state index contributed by atoms with van der Waals surface area (Å²) < 4.78 is 37.5. The van der Waals surface area contributed by atoms with Crippen molar-refractivity contribution < 1.29 is 18.0 Å². The summed E-state index contributed by atoms with van der Waals surface area (Å²) in [6.45, 7) is 1.58. The summed E-state index contributed by atoms with van der Waals surface area (Å²) in [5.41, 5.74) is -0.919. The van der Waals surface area contributed by atoms with Gasteiger partial charge in [-0.2, -0.15) is 13.2 Å². The number of hydrogen-bond donors (Lipinski definition) is 2. The second-order valence-electron chi connectivity index (χ2n) is 3.69. The highest BCUT2D eigenvalue weighted by Crippen LogP contribution is 2.33. The number of alkyl halides is 3. The van der Waals surface area contributed by atoms with Gasteiger partial charge in [0.05, 0.1) is 22.3 Å². The molecule has 1 amide bonds. The molecule has 0 fully saturated rings. The Morgan fingerprint density at radius 3 is 2.50 bits per heavy atom. The lowest BCUT2D eigenvalue weighted by atomic mass is 10.2. The fourth-order valence-corrected chi connectivity index (χ4v) is 1.33. The zero-order valence-electron chi connectivity index (χ0n) is 9.73. The second kappa shape index (κ2) is 5.58. The van der Waals surface area contributed by atoms with E-state index in [2.05, 4.69) is 10.6 Å². The van der Waals surface area contributed by atoms with Crippen LogP contribution in [0.1, 0.15) is 12.5 Å². The van der Waals surface area contributed by atoms with Gasteiger partial charge >= 0.3 is 6.18 Å². The number of amides is 1. The molecule has 7 heteroatoms. The van der Waals surface area contributed by atoms with Crippen LogP contribution in [0.4, 0.5) is 18.9 Å². The molecular weight excluding hydrogens is 269 g/mol. The van der Waals surface area contributed by atoms with Gasteiger partial charge in [-0.25, -0.2) is 0 Å². The van der Waals surface area contributed by atoms with Crippen LogP contribution in [0.15, 0.2) is 18.2 Å². The van der Waals surface area contributed by atoms with E-state index < -0.39 is 23.7 Å². The van der Waals surface area contributed by atoms with Gasteiger partial charge in [0.2, 0.25) is 5.91 Å². The molecule has 0 heterocycles. The molecule has 0 radical (unpaired) electrons. The number of carbonyl (C=O) groups excluding carboxylic acids is 1. The molecule has 0 aliphatic rings. The van der Waals surface area contributed by atoms with Crippen molar-refractivity contribution in [3.8, 4) is 0 Å². The molecule has 0 bridgehead atoms. The monoisotopic (exact) mass is 280 g/mol. The number of halogens is 4. The quantitative estimate of drug-likeness (QED) is 0.894. The lowest BCUT2D eigenvalue weighted by molar-refractivity contribution is -0.137. The maximum Gasteiger partial charge on any atom is 0.416 e. The fraction of sp³-hybridized carbons (Fsp3) is 0.364. The number of anilines is 1. The lowest BCUT2D eigenvalue weighted by Crippen LogP contribution is -2.35. The van der Waals surface area contributed by atoms with E-state index in [1.54, 1.807) is 14.0 Å². The zero-order chi connectivity index (χ0) is 13.9. The van der Waals surface area contributed by atoms with Gasteiger partial charge in [0, 0.05) is 0 Å². The van der Waals surface area contributed by atoms with Crippen molar-refractivity contribution in [2.45, 2.75) is 19.1 Å². The molecular formula is C11H12ClF3N2O. The normalized spacial score (nSPS) is 13.2. The van der Waals surface area contributed by atoms with Gasteiger partial charge in [0.15, 0.2) is 0 Å². The van der Waals surface area contributed by atoms with Gasteiger partial charge < -0.3 is 10.6 Å². The molecule has 2 N–H and O–H groups in total. The number of nitrogens with one attached hydrogen (secondary N) is 2. The largest absolute Gasteiger partial charge is 0.416 e. The van der Waals surface area contributed by atoms with Crippen molar-refractivity contribution in [1.82, 2.24) is 5.32 Å². The Kier molecular flexibility index (Phi) is 4.59. The Morgan fingerprint density at radius 2 is 2.00 bits per heavy atom. The van der Waals surface area contributed by atoms with Crippen LogP contribution in [0.3, 0.4) is 0 Å². The van der Waals surface area contributed by atoms with Crippen LogP contribution in [0.25, 0.3) is 0 Å². The van der Waals surface area contributed by atoms with Crippen molar-refractivity contribution in [2.75, 3.05) is 12.4 Å². The third-order valence-electron chi connectivity index (χ3n) is 2.38. The molecule has 18 heavy (non-hydrogen) atoms. The second-order valence-corrected chi connectivity index (χ2v) is 4.10. The van der Waals surface area contributed by atoms with Crippen LogP contribution in [0, 0.1) is 0 Å². The van der Waals surface area contributed by atoms with Crippen LogP contribution in [0.5, 0.6) is 0 Å². The van der Waals surface area contributed by atoms with E-state index in [9.17, 15) is 18.0 Å². The van der Waals surface area contributed by atoms with Crippen LogP contribution < -0.4 is 10.6 Å². The van der Waals surface area contributed by atoms with Crippen LogP contribution in [0.2, 0.25) is 5.02 Å². The van der Waals surface area contributed by atoms with Gasteiger partial charge in [-0.05, 0) is 32.2 Å². The molecule has 100 valence electrons. The summed E-state index contributed by atoms with van der Waals surface area (Å²) in [6.07, 6.45) is -4.47. The highest BCUT2D eigenvalue weighted by Gasteiger charge is 2.31. The number of benzene rings is 1. The highest BCUT2D eigenvalue weighted by molar-refractivity contribution is 6.33. The van der Waals surface area contributed by atoms with E-state index in [1.807, 2.05) is 0 Å². The fourth-order valence-electron chi connectivity index (χ4n) is 1.17. The summed E-state index contributed by atoms with van der Waals surface area (Å²) in [5, 5.41) is 5.07. The molecule has 0 saturated carbocycles. The van der Waals surface area contributed by atoms with Crippen LogP contribution in [-0.2, 0) is 11.0 Å². The Balaban J connectivity index is 2.99. The van der Waals surface area contributed by atoms with Crippen LogP contribution >= 0.6 is 11.6 Å². The molecule has 3 nitrogen and oxygen atoms in total. The molecule has 0 aliphatic heterocycles. The molecule has 0 aliphatic carbocycles. The molecule has 1 aromatic rings. The van der Waals surface area contributed by atoms with E-state index in [0.29, 0.717) is 0 Å². The van der Waals surface area contributed by atoms with Gasteiger partial charge in [0.1, 0.15) is 0 Å². The Bertz CT molecular complexity index is 448. The van der Waals surface area contributed by atoms with E-state index >= 15 is 0 Å². The Hall–Kier alpha value is -1.27. The molecule has 1 atom stereocenters. The summed E-state index contributed by atoms with van der Waals surface area (Å²) in [7, 11) is 1.57. The van der Waals surface area contributed by atoms with Gasteiger partial charge in [-0.3, -0.25) is 4.79 Å². The first kappa shape index (κ1) is 14.8. The van der Waals surface area contributed by atoms with Gasteiger partial charge in [0.25, 0.3) is 0 Å². The first-order valence-corrected chi connectivity index (χ1v) is 5.48. The predicted molar refractivity (Wildman–Crippen MR) is 63.6 cm³/mol. The topological polar surface area (TPSA) is 41.1 Å². The molecule has 1 aromatic carbocycles. The molecule has 0 aromatic heterocycles. The number of rotatable bonds is 3.